The Morgan fingerprint density at radius 2 is 2.00 bits per heavy atom. The third-order valence-electron chi connectivity index (χ3n) is 1.56. The van der Waals surface area contributed by atoms with Crippen molar-refractivity contribution in [1.29, 1.82) is 0 Å². The van der Waals surface area contributed by atoms with Crippen molar-refractivity contribution in [2.75, 3.05) is 0 Å². The molecule has 1 amide bonds. The molecule has 0 bridgehead atoms. The fourth-order valence-corrected chi connectivity index (χ4v) is 0.830. The maximum Gasteiger partial charge on any atom is 0.409 e. The average Bonchev–Trinajstić information content (AvgIpc) is 1.79. The van der Waals surface area contributed by atoms with E-state index in [0.29, 0.717) is 0 Å². The molecule has 0 aromatic carbocycles. The molecular formula is C5H6F3NO. The van der Waals surface area contributed by atoms with Crippen LogP contribution in [0.1, 0.15) is 6.92 Å². The van der Waals surface area contributed by atoms with E-state index in [2.05, 4.69) is 0 Å². The summed E-state index contributed by atoms with van der Waals surface area (Å²) in [4.78, 5) is 10.3. The molecule has 2 atom stereocenters. The summed E-state index contributed by atoms with van der Waals surface area (Å²) in [6.45, 7) is 1.26. The molecule has 0 aliphatic carbocycles. The highest BCUT2D eigenvalue weighted by atomic mass is 19.4. The third-order valence-corrected chi connectivity index (χ3v) is 1.56. The molecule has 1 rings (SSSR count). The van der Waals surface area contributed by atoms with E-state index in [9.17, 15) is 18.0 Å². The second kappa shape index (κ2) is 1.87. The number of hydrogen-bond acceptors (Lipinski definition) is 1. The Labute approximate surface area is 55.4 Å². The SMILES string of the molecule is C[C@@H]1C(=O)N[C@@H]1C(F)(F)F. The van der Waals surface area contributed by atoms with Gasteiger partial charge in [-0.1, -0.05) is 6.92 Å². The highest BCUT2D eigenvalue weighted by Crippen LogP contribution is 2.30. The number of carbonyl (C=O) groups excluding carboxylic acids is 1. The van der Waals surface area contributed by atoms with Gasteiger partial charge >= 0.3 is 6.18 Å². The summed E-state index contributed by atoms with van der Waals surface area (Å²) in [7, 11) is 0. The van der Waals surface area contributed by atoms with E-state index in [1.807, 2.05) is 0 Å². The smallest absolute Gasteiger partial charge is 0.343 e. The predicted octanol–water partition coefficient (Wildman–Crippen LogP) is 0.683. The zero-order valence-corrected chi connectivity index (χ0v) is 5.20. The van der Waals surface area contributed by atoms with Gasteiger partial charge < -0.3 is 5.32 Å². The van der Waals surface area contributed by atoms with Gasteiger partial charge in [0.05, 0.1) is 5.92 Å². The van der Waals surface area contributed by atoms with Crippen LogP contribution in [0.15, 0.2) is 0 Å². The number of hydrogen-bond donors (Lipinski definition) is 1. The van der Waals surface area contributed by atoms with Crippen LogP contribution in [-0.4, -0.2) is 18.1 Å². The monoisotopic (exact) mass is 153 g/mol. The van der Waals surface area contributed by atoms with Crippen LogP contribution in [0.4, 0.5) is 13.2 Å². The van der Waals surface area contributed by atoms with Crippen molar-refractivity contribution in [3.63, 3.8) is 0 Å². The second-order valence-corrected chi connectivity index (χ2v) is 2.32. The summed E-state index contributed by atoms with van der Waals surface area (Å²) in [5.74, 6) is -1.44. The number of carbonyl (C=O) groups is 1. The van der Waals surface area contributed by atoms with E-state index in [-0.39, 0.29) is 0 Å². The molecule has 1 saturated heterocycles. The topological polar surface area (TPSA) is 29.1 Å². The first-order chi connectivity index (χ1) is 4.43. The molecule has 5 heteroatoms. The number of β-lactam (4-membered cyclic amide) rings is 1. The number of halogens is 3. The van der Waals surface area contributed by atoms with Crippen LogP contribution in [0.3, 0.4) is 0 Å². The molecule has 0 radical (unpaired) electrons. The average molecular weight is 153 g/mol. The Morgan fingerprint density at radius 1 is 1.50 bits per heavy atom. The van der Waals surface area contributed by atoms with Gasteiger partial charge in [-0.2, -0.15) is 13.2 Å². The molecular weight excluding hydrogens is 147 g/mol. The summed E-state index contributed by atoms with van der Waals surface area (Å²) in [5, 5.41) is 1.77. The van der Waals surface area contributed by atoms with Crippen molar-refractivity contribution in [2.24, 2.45) is 5.92 Å². The van der Waals surface area contributed by atoms with Crippen molar-refractivity contribution >= 4 is 5.91 Å². The fourth-order valence-electron chi connectivity index (χ4n) is 0.830. The summed E-state index contributed by atoms with van der Waals surface area (Å²) in [5.41, 5.74) is 0. The van der Waals surface area contributed by atoms with Crippen LogP contribution in [0, 0.1) is 5.92 Å². The normalized spacial score (nSPS) is 33.0. The third kappa shape index (κ3) is 0.955. The Balaban J connectivity index is 2.56. The van der Waals surface area contributed by atoms with Crippen LogP contribution in [0.25, 0.3) is 0 Å². The predicted molar refractivity (Wildman–Crippen MR) is 27.1 cm³/mol. The molecule has 0 unspecified atom stereocenters. The maximum absolute atomic E-state index is 11.7. The van der Waals surface area contributed by atoms with Crippen LogP contribution >= 0.6 is 0 Å². The van der Waals surface area contributed by atoms with Crippen LogP contribution in [0.5, 0.6) is 0 Å². The van der Waals surface area contributed by atoms with Crippen molar-refractivity contribution < 1.29 is 18.0 Å². The molecule has 0 aromatic heterocycles. The lowest BCUT2D eigenvalue weighted by atomic mass is 9.92. The van der Waals surface area contributed by atoms with Crippen LogP contribution in [0.2, 0.25) is 0 Å². The molecule has 1 aliphatic rings. The molecule has 1 fully saturated rings. The van der Waals surface area contributed by atoms with E-state index >= 15 is 0 Å². The standard InChI is InChI=1S/C5H6F3NO/c1-2-3(5(6,7)8)9-4(2)10/h2-3H,1H3,(H,9,10)/t2-,3-/m0/s1. The molecule has 2 nitrogen and oxygen atoms in total. The van der Waals surface area contributed by atoms with Crippen molar-refractivity contribution in [2.45, 2.75) is 19.1 Å². The van der Waals surface area contributed by atoms with Gasteiger partial charge in [-0.25, -0.2) is 0 Å². The van der Waals surface area contributed by atoms with Crippen LogP contribution in [-0.2, 0) is 4.79 Å². The van der Waals surface area contributed by atoms with Crippen LogP contribution < -0.4 is 5.32 Å². The van der Waals surface area contributed by atoms with Gasteiger partial charge in [0.15, 0.2) is 0 Å². The largest absolute Gasteiger partial charge is 0.409 e. The Hall–Kier alpha value is -0.740. The molecule has 1 heterocycles. The van der Waals surface area contributed by atoms with E-state index in [4.69, 9.17) is 0 Å². The first kappa shape index (κ1) is 7.37. The second-order valence-electron chi connectivity index (χ2n) is 2.32. The minimum atomic E-state index is -4.28. The highest BCUT2D eigenvalue weighted by Gasteiger charge is 2.52. The molecule has 1 aliphatic heterocycles. The van der Waals surface area contributed by atoms with E-state index in [1.165, 1.54) is 6.92 Å². The summed E-state index contributed by atoms with van der Waals surface area (Å²) in [6.07, 6.45) is -4.28. The van der Waals surface area contributed by atoms with Gasteiger partial charge in [0.2, 0.25) is 5.91 Å². The molecule has 58 valence electrons. The van der Waals surface area contributed by atoms with Gasteiger partial charge in [-0.3, -0.25) is 4.79 Å². The van der Waals surface area contributed by atoms with Gasteiger partial charge in [0.25, 0.3) is 0 Å². The lowest BCUT2D eigenvalue weighted by Gasteiger charge is -2.35. The molecule has 1 N–H and O–H groups in total. The van der Waals surface area contributed by atoms with Gasteiger partial charge in [0, 0.05) is 0 Å². The fraction of sp³-hybridized carbons (Fsp3) is 0.800. The maximum atomic E-state index is 11.7. The van der Waals surface area contributed by atoms with Gasteiger partial charge in [0.1, 0.15) is 6.04 Å². The Bertz CT molecular complexity index is 165. The Morgan fingerprint density at radius 3 is 2.10 bits per heavy atom. The highest BCUT2D eigenvalue weighted by molar-refractivity contribution is 5.85. The van der Waals surface area contributed by atoms with Gasteiger partial charge in [-0.05, 0) is 0 Å². The Kier molecular flexibility index (Phi) is 1.38. The van der Waals surface area contributed by atoms with E-state index in [0.717, 1.165) is 0 Å². The number of rotatable bonds is 0. The minimum absolute atomic E-state index is 0.526. The quantitative estimate of drug-likeness (QED) is 0.509. The minimum Gasteiger partial charge on any atom is -0.343 e. The first-order valence-corrected chi connectivity index (χ1v) is 2.80. The zero-order chi connectivity index (χ0) is 7.94. The summed E-state index contributed by atoms with van der Waals surface area (Å²) >= 11 is 0. The molecule has 0 aromatic rings. The van der Waals surface area contributed by atoms with E-state index < -0.39 is 24.0 Å². The number of amides is 1. The molecule has 0 saturated carbocycles. The molecule has 10 heavy (non-hydrogen) atoms. The summed E-state index contributed by atoms with van der Waals surface area (Å²) in [6, 6.07) is -1.63. The van der Waals surface area contributed by atoms with Crippen molar-refractivity contribution in [3.8, 4) is 0 Å². The summed E-state index contributed by atoms with van der Waals surface area (Å²) < 4.78 is 35.1. The number of nitrogens with one attached hydrogen (secondary N) is 1. The van der Waals surface area contributed by atoms with Gasteiger partial charge in [-0.15, -0.1) is 0 Å². The lowest BCUT2D eigenvalue weighted by molar-refractivity contribution is -0.192. The van der Waals surface area contributed by atoms with Crippen molar-refractivity contribution in [3.05, 3.63) is 0 Å². The number of alkyl halides is 3. The first-order valence-electron chi connectivity index (χ1n) is 2.80. The van der Waals surface area contributed by atoms with Crippen molar-refractivity contribution in [1.82, 2.24) is 5.32 Å². The van der Waals surface area contributed by atoms with E-state index in [1.54, 1.807) is 5.32 Å². The molecule has 0 spiro atoms. The zero-order valence-electron chi connectivity index (χ0n) is 5.20. The lowest BCUT2D eigenvalue weighted by Crippen LogP contribution is -2.63.